The van der Waals surface area contributed by atoms with Gasteiger partial charge in [-0.2, -0.15) is 0 Å². The second-order valence-electron chi connectivity index (χ2n) is 3.65. The van der Waals surface area contributed by atoms with Crippen molar-refractivity contribution in [3.63, 3.8) is 0 Å². The van der Waals surface area contributed by atoms with E-state index in [1.54, 1.807) is 0 Å². The molecule has 0 bridgehead atoms. The SMILES string of the molecule is CCOc1cccc(CBr)c1OC(C)CC. The van der Waals surface area contributed by atoms with Crippen LogP contribution in [0.1, 0.15) is 32.8 Å². The zero-order valence-corrected chi connectivity index (χ0v) is 11.7. The minimum Gasteiger partial charge on any atom is -0.490 e. The molecule has 0 saturated carbocycles. The van der Waals surface area contributed by atoms with Gasteiger partial charge in [0.15, 0.2) is 11.5 Å². The standard InChI is InChI=1S/C13H19BrO2/c1-4-10(3)16-13-11(9-14)7-6-8-12(13)15-5-2/h6-8,10H,4-5,9H2,1-3H3. The molecule has 1 aromatic carbocycles. The molecule has 1 unspecified atom stereocenters. The Hall–Kier alpha value is -0.700. The number of hydrogen-bond acceptors (Lipinski definition) is 2. The first-order chi connectivity index (χ1) is 7.72. The summed E-state index contributed by atoms with van der Waals surface area (Å²) in [4.78, 5) is 0. The van der Waals surface area contributed by atoms with E-state index in [1.165, 1.54) is 0 Å². The highest BCUT2D eigenvalue weighted by atomic mass is 79.9. The van der Waals surface area contributed by atoms with Crippen LogP contribution in [0.2, 0.25) is 0 Å². The fraction of sp³-hybridized carbons (Fsp3) is 0.538. The van der Waals surface area contributed by atoms with Gasteiger partial charge in [0, 0.05) is 10.9 Å². The van der Waals surface area contributed by atoms with Gasteiger partial charge in [-0.3, -0.25) is 0 Å². The Morgan fingerprint density at radius 2 is 2.06 bits per heavy atom. The maximum Gasteiger partial charge on any atom is 0.165 e. The van der Waals surface area contributed by atoms with Gasteiger partial charge in [0.05, 0.1) is 12.7 Å². The number of para-hydroxylation sites is 1. The Morgan fingerprint density at radius 1 is 1.31 bits per heavy atom. The second kappa shape index (κ2) is 6.79. The highest BCUT2D eigenvalue weighted by Crippen LogP contribution is 2.33. The second-order valence-corrected chi connectivity index (χ2v) is 4.21. The van der Waals surface area contributed by atoms with Gasteiger partial charge in [-0.05, 0) is 26.3 Å². The molecule has 0 N–H and O–H groups in total. The summed E-state index contributed by atoms with van der Waals surface area (Å²) in [6.45, 7) is 6.82. The predicted molar refractivity (Wildman–Crippen MR) is 70.6 cm³/mol. The lowest BCUT2D eigenvalue weighted by Crippen LogP contribution is -2.12. The summed E-state index contributed by atoms with van der Waals surface area (Å²) < 4.78 is 11.5. The quantitative estimate of drug-likeness (QED) is 0.731. The largest absolute Gasteiger partial charge is 0.490 e. The van der Waals surface area contributed by atoms with Gasteiger partial charge >= 0.3 is 0 Å². The number of rotatable bonds is 6. The smallest absolute Gasteiger partial charge is 0.165 e. The number of hydrogen-bond donors (Lipinski definition) is 0. The average Bonchev–Trinajstić information content (AvgIpc) is 2.31. The van der Waals surface area contributed by atoms with Crippen molar-refractivity contribution in [1.82, 2.24) is 0 Å². The number of halogens is 1. The Kier molecular flexibility index (Phi) is 5.67. The van der Waals surface area contributed by atoms with Crippen LogP contribution in [0.5, 0.6) is 11.5 Å². The fourth-order valence-corrected chi connectivity index (χ4v) is 1.80. The number of ether oxygens (including phenoxy) is 2. The van der Waals surface area contributed by atoms with Crippen molar-refractivity contribution < 1.29 is 9.47 Å². The number of benzene rings is 1. The van der Waals surface area contributed by atoms with E-state index in [4.69, 9.17) is 9.47 Å². The summed E-state index contributed by atoms with van der Waals surface area (Å²) in [5.41, 5.74) is 1.13. The van der Waals surface area contributed by atoms with Crippen molar-refractivity contribution in [2.45, 2.75) is 38.6 Å². The third-order valence-corrected chi connectivity index (χ3v) is 3.00. The molecule has 0 spiro atoms. The molecular weight excluding hydrogens is 268 g/mol. The molecule has 0 fully saturated rings. The van der Waals surface area contributed by atoms with Crippen LogP contribution in [0, 0.1) is 0 Å². The lowest BCUT2D eigenvalue weighted by Gasteiger charge is -2.18. The first kappa shape index (κ1) is 13.4. The lowest BCUT2D eigenvalue weighted by molar-refractivity contribution is 0.201. The van der Waals surface area contributed by atoms with Crippen molar-refractivity contribution in [3.8, 4) is 11.5 Å². The van der Waals surface area contributed by atoms with Gasteiger partial charge in [-0.25, -0.2) is 0 Å². The Bertz CT molecular complexity index is 326. The molecule has 0 amide bonds. The summed E-state index contributed by atoms with van der Waals surface area (Å²) in [7, 11) is 0. The summed E-state index contributed by atoms with van der Waals surface area (Å²) in [6.07, 6.45) is 1.20. The normalized spacial score (nSPS) is 12.2. The fourth-order valence-electron chi connectivity index (χ4n) is 1.35. The molecule has 0 aliphatic heterocycles. The van der Waals surface area contributed by atoms with Gasteiger partial charge in [-0.15, -0.1) is 0 Å². The number of alkyl halides is 1. The minimum atomic E-state index is 0.208. The van der Waals surface area contributed by atoms with Crippen molar-refractivity contribution in [3.05, 3.63) is 23.8 Å². The van der Waals surface area contributed by atoms with E-state index in [1.807, 2.05) is 19.1 Å². The molecule has 2 nitrogen and oxygen atoms in total. The molecule has 0 aliphatic carbocycles. The van der Waals surface area contributed by atoms with Crippen molar-refractivity contribution in [2.24, 2.45) is 0 Å². The molecule has 0 aromatic heterocycles. The van der Waals surface area contributed by atoms with Gasteiger partial charge in [0.25, 0.3) is 0 Å². The third kappa shape index (κ3) is 3.41. The third-order valence-electron chi connectivity index (χ3n) is 2.40. The van der Waals surface area contributed by atoms with E-state index in [9.17, 15) is 0 Å². The Balaban J connectivity index is 2.99. The van der Waals surface area contributed by atoms with E-state index in [0.717, 1.165) is 28.8 Å². The van der Waals surface area contributed by atoms with Crippen LogP contribution in [0.15, 0.2) is 18.2 Å². The van der Waals surface area contributed by atoms with Crippen LogP contribution < -0.4 is 9.47 Å². The van der Waals surface area contributed by atoms with E-state index in [0.29, 0.717) is 6.61 Å². The monoisotopic (exact) mass is 286 g/mol. The van der Waals surface area contributed by atoms with E-state index in [2.05, 4.69) is 35.8 Å². The van der Waals surface area contributed by atoms with Gasteiger partial charge in [0.1, 0.15) is 0 Å². The lowest BCUT2D eigenvalue weighted by atomic mass is 10.2. The maximum atomic E-state index is 5.91. The topological polar surface area (TPSA) is 18.5 Å². The van der Waals surface area contributed by atoms with Crippen LogP contribution in [-0.2, 0) is 5.33 Å². The van der Waals surface area contributed by atoms with Crippen LogP contribution in [-0.4, -0.2) is 12.7 Å². The molecule has 3 heteroatoms. The molecular formula is C13H19BrO2. The summed E-state index contributed by atoms with van der Waals surface area (Å²) >= 11 is 3.47. The van der Waals surface area contributed by atoms with E-state index < -0.39 is 0 Å². The van der Waals surface area contributed by atoms with Crippen molar-refractivity contribution in [2.75, 3.05) is 6.61 Å². The van der Waals surface area contributed by atoms with E-state index in [-0.39, 0.29) is 6.10 Å². The summed E-state index contributed by atoms with van der Waals surface area (Å²) in [5.74, 6) is 1.70. The van der Waals surface area contributed by atoms with Gasteiger partial charge < -0.3 is 9.47 Å². The zero-order chi connectivity index (χ0) is 12.0. The molecule has 0 saturated heterocycles. The molecule has 0 heterocycles. The van der Waals surface area contributed by atoms with Gasteiger partial charge in [0.2, 0.25) is 0 Å². The Labute approximate surface area is 106 Å². The van der Waals surface area contributed by atoms with Crippen molar-refractivity contribution in [1.29, 1.82) is 0 Å². The zero-order valence-electron chi connectivity index (χ0n) is 10.1. The van der Waals surface area contributed by atoms with Crippen LogP contribution in [0.25, 0.3) is 0 Å². The molecule has 0 aliphatic rings. The van der Waals surface area contributed by atoms with Crippen LogP contribution in [0.3, 0.4) is 0 Å². The highest BCUT2D eigenvalue weighted by Gasteiger charge is 2.12. The predicted octanol–water partition coefficient (Wildman–Crippen LogP) is 4.16. The first-order valence-electron chi connectivity index (χ1n) is 5.70. The molecule has 1 atom stereocenters. The summed E-state index contributed by atoms with van der Waals surface area (Å²) in [6, 6.07) is 5.99. The molecule has 1 aromatic rings. The van der Waals surface area contributed by atoms with E-state index >= 15 is 0 Å². The van der Waals surface area contributed by atoms with Gasteiger partial charge in [-0.1, -0.05) is 35.0 Å². The minimum absolute atomic E-state index is 0.208. The maximum absolute atomic E-state index is 5.91. The highest BCUT2D eigenvalue weighted by molar-refractivity contribution is 9.08. The Morgan fingerprint density at radius 3 is 2.62 bits per heavy atom. The molecule has 1 rings (SSSR count). The van der Waals surface area contributed by atoms with Crippen molar-refractivity contribution >= 4 is 15.9 Å². The average molecular weight is 287 g/mol. The first-order valence-corrected chi connectivity index (χ1v) is 6.82. The molecule has 90 valence electrons. The molecule has 16 heavy (non-hydrogen) atoms. The summed E-state index contributed by atoms with van der Waals surface area (Å²) in [5, 5.41) is 0.777. The van der Waals surface area contributed by atoms with Crippen LogP contribution >= 0.6 is 15.9 Å². The van der Waals surface area contributed by atoms with Crippen LogP contribution in [0.4, 0.5) is 0 Å². The molecule has 0 radical (unpaired) electrons.